The number of halogens is 2. The van der Waals surface area contributed by atoms with Crippen molar-refractivity contribution in [2.45, 2.75) is 44.4 Å². The van der Waals surface area contributed by atoms with Crippen molar-refractivity contribution in [3.8, 4) is 11.5 Å². The molecule has 46 heavy (non-hydrogen) atoms. The minimum Gasteiger partial charge on any atom is -0.506 e. The molecule has 0 spiro atoms. The van der Waals surface area contributed by atoms with Gasteiger partial charge in [0.2, 0.25) is 0 Å². The number of hydrogen-bond acceptors (Lipinski definition) is 8. The molecule has 0 saturated heterocycles. The lowest BCUT2D eigenvalue weighted by Gasteiger charge is -2.37. The van der Waals surface area contributed by atoms with Gasteiger partial charge in [0.1, 0.15) is 35.7 Å². The van der Waals surface area contributed by atoms with Gasteiger partial charge in [0.05, 0.1) is 5.69 Å². The fourth-order valence-corrected chi connectivity index (χ4v) is 9.22. The number of carbonyl (C=O) groups excluding carboxylic acids is 1. The molecule has 1 unspecified atom stereocenters. The van der Waals surface area contributed by atoms with Gasteiger partial charge in [-0.25, -0.2) is 9.37 Å². The van der Waals surface area contributed by atoms with Gasteiger partial charge in [0.15, 0.2) is 20.9 Å². The van der Waals surface area contributed by atoms with Gasteiger partial charge in [-0.2, -0.15) is 8.42 Å². The third-order valence-corrected chi connectivity index (χ3v) is 11.1. The number of imidazole rings is 1. The number of rotatable bonds is 6. The predicted octanol–water partition coefficient (Wildman–Crippen LogP) is 7.48. The quantitative estimate of drug-likeness (QED) is 0.179. The third kappa shape index (κ3) is 5.10. The van der Waals surface area contributed by atoms with Crippen molar-refractivity contribution in [2.24, 2.45) is 5.41 Å². The molecule has 1 atom stereocenters. The van der Waals surface area contributed by atoms with Crippen LogP contribution in [0.4, 0.5) is 15.8 Å². The minimum atomic E-state index is -4.70. The molecule has 3 aromatic carbocycles. The second-order valence-electron chi connectivity index (χ2n) is 12.1. The number of phenolic OH excluding ortho intramolecular Hbond substituents is 1. The van der Waals surface area contributed by atoms with Gasteiger partial charge in [-0.05, 0) is 41.7 Å². The van der Waals surface area contributed by atoms with Crippen molar-refractivity contribution < 1.29 is 27.4 Å². The van der Waals surface area contributed by atoms with Crippen molar-refractivity contribution in [2.75, 3.05) is 9.62 Å². The molecule has 0 amide bonds. The van der Waals surface area contributed by atoms with E-state index in [1.807, 2.05) is 44.2 Å². The van der Waals surface area contributed by atoms with Gasteiger partial charge in [-0.15, -0.1) is 11.3 Å². The Hall–Kier alpha value is -4.39. The van der Waals surface area contributed by atoms with Crippen LogP contribution in [0, 0.1) is 11.2 Å². The van der Waals surface area contributed by atoms with Crippen LogP contribution in [0.5, 0.6) is 11.5 Å². The summed E-state index contributed by atoms with van der Waals surface area (Å²) in [5.74, 6) is -1.14. The second kappa shape index (κ2) is 11.1. The van der Waals surface area contributed by atoms with Crippen LogP contribution >= 0.6 is 22.9 Å². The zero-order valence-corrected chi connectivity index (χ0v) is 27.1. The van der Waals surface area contributed by atoms with Gasteiger partial charge < -0.3 is 15.2 Å². The predicted molar refractivity (Wildman–Crippen MR) is 174 cm³/mol. The number of thiazole rings is 1. The number of hydrogen-bond donors (Lipinski definition) is 2. The lowest BCUT2D eigenvalue weighted by Crippen LogP contribution is -2.40. The summed E-state index contributed by atoms with van der Waals surface area (Å²) in [5, 5.41) is 15.3. The fourth-order valence-electron chi connectivity index (χ4n) is 6.18. The Morgan fingerprint density at radius 3 is 2.67 bits per heavy atom. The van der Waals surface area contributed by atoms with Crippen LogP contribution in [0.25, 0.3) is 4.96 Å². The number of nitrogens with zero attached hydrogens (tertiary/aromatic N) is 3. The number of nitrogens with one attached hydrogen (secondary N) is 1. The van der Waals surface area contributed by atoms with Crippen LogP contribution in [0.2, 0.25) is 5.15 Å². The zero-order chi connectivity index (χ0) is 32.4. The lowest BCUT2D eigenvalue weighted by molar-refractivity contribution is -0.118. The van der Waals surface area contributed by atoms with E-state index in [9.17, 15) is 18.3 Å². The van der Waals surface area contributed by atoms with Crippen LogP contribution in [0.1, 0.15) is 43.9 Å². The summed E-state index contributed by atoms with van der Waals surface area (Å²) in [4.78, 5) is 18.6. The Labute approximate surface area is 273 Å². The Bertz CT molecular complexity index is 2160. The topological polar surface area (TPSA) is 113 Å². The summed E-state index contributed by atoms with van der Waals surface area (Å²) in [6.45, 7) is 4.05. The van der Waals surface area contributed by atoms with Gasteiger partial charge in [-0.1, -0.05) is 61.8 Å². The summed E-state index contributed by atoms with van der Waals surface area (Å²) in [6, 6.07) is 16.5. The normalized spacial score (nSPS) is 17.8. The van der Waals surface area contributed by atoms with Gasteiger partial charge in [0.25, 0.3) is 10.0 Å². The van der Waals surface area contributed by atoms with Crippen LogP contribution in [0.15, 0.2) is 94.6 Å². The van der Waals surface area contributed by atoms with Crippen molar-refractivity contribution in [1.29, 1.82) is 0 Å². The number of ether oxygens (including phenoxy) is 1. The number of allylic oxidation sites excluding steroid dienone is 1. The first-order valence-corrected chi connectivity index (χ1v) is 17.1. The molecule has 236 valence electrons. The number of anilines is 2. The van der Waals surface area contributed by atoms with E-state index in [4.69, 9.17) is 16.3 Å². The Balaban J connectivity index is 1.46. The molecule has 2 aliphatic rings. The highest BCUT2D eigenvalue weighted by atomic mass is 35.5. The molecule has 2 aromatic heterocycles. The zero-order valence-electron chi connectivity index (χ0n) is 24.7. The first-order valence-electron chi connectivity index (χ1n) is 14.4. The van der Waals surface area contributed by atoms with Gasteiger partial charge in [-0.3, -0.25) is 13.5 Å². The molecule has 0 bridgehead atoms. The SMILES string of the molecule is CC1(C)CC(=O)C2=C(C1)Nc1c(O)cccc1N(S(=O)(=O)c1c(Cl)nc3sccn13)C2c1ccc(OCc2ccccc2)cc1F. The number of benzene rings is 3. The van der Waals surface area contributed by atoms with E-state index in [-0.39, 0.29) is 63.0 Å². The summed E-state index contributed by atoms with van der Waals surface area (Å²) in [6.07, 6.45) is 1.97. The standard InChI is InChI=1S/C33H28ClFN4O5S2/c1-33(2)16-23-27(26(41)17-33)29(21-12-11-20(15-22(21)35)44-18-19-7-4-3-5-8-19)39(24-9-6-10-25(40)28(24)36-23)46(42,43)31-30(34)37-32-38(31)13-14-45-32/h3-15,29,36,40H,16-18H2,1-2H3. The molecule has 0 fully saturated rings. The van der Waals surface area contributed by atoms with E-state index in [0.717, 1.165) is 9.87 Å². The highest BCUT2D eigenvalue weighted by molar-refractivity contribution is 7.93. The van der Waals surface area contributed by atoms with Crippen molar-refractivity contribution in [3.63, 3.8) is 0 Å². The number of carbonyl (C=O) groups is 1. The molecule has 1 aliphatic carbocycles. The van der Waals surface area contributed by atoms with E-state index in [0.29, 0.717) is 17.1 Å². The number of aromatic nitrogens is 2. The molecule has 3 heterocycles. The first-order chi connectivity index (χ1) is 21.9. The maximum absolute atomic E-state index is 16.4. The molecule has 0 radical (unpaired) electrons. The summed E-state index contributed by atoms with van der Waals surface area (Å²) in [7, 11) is -4.70. The smallest absolute Gasteiger partial charge is 0.284 e. The largest absolute Gasteiger partial charge is 0.506 e. The Morgan fingerprint density at radius 1 is 1.13 bits per heavy atom. The van der Waals surface area contributed by atoms with E-state index >= 15 is 4.39 Å². The number of Topliss-reactive ketones (excluding diaryl/α,β-unsaturated/α-hetero) is 1. The average Bonchev–Trinajstić information content (AvgIpc) is 3.52. The minimum absolute atomic E-state index is 0.00931. The lowest BCUT2D eigenvalue weighted by atomic mass is 9.73. The van der Waals surface area contributed by atoms with Crippen LogP contribution in [-0.4, -0.2) is 28.7 Å². The summed E-state index contributed by atoms with van der Waals surface area (Å²) < 4.78 is 54.5. The first kappa shape index (κ1) is 30.3. The fraction of sp³-hybridized carbons (Fsp3) is 0.212. The molecule has 0 saturated carbocycles. The summed E-state index contributed by atoms with van der Waals surface area (Å²) in [5.41, 5.74) is 0.881. The van der Waals surface area contributed by atoms with Crippen molar-refractivity contribution in [3.05, 3.63) is 112 Å². The van der Waals surface area contributed by atoms with E-state index in [1.54, 1.807) is 11.4 Å². The Morgan fingerprint density at radius 2 is 1.91 bits per heavy atom. The Kier molecular flexibility index (Phi) is 7.33. The molecule has 1 aliphatic heterocycles. The molecule has 2 N–H and O–H groups in total. The maximum atomic E-state index is 16.4. The van der Waals surface area contributed by atoms with Crippen molar-refractivity contribution >= 4 is 55.1 Å². The second-order valence-corrected chi connectivity index (χ2v) is 15.0. The van der Waals surface area contributed by atoms with E-state index < -0.39 is 27.3 Å². The van der Waals surface area contributed by atoms with Gasteiger partial charge >= 0.3 is 0 Å². The van der Waals surface area contributed by atoms with Crippen LogP contribution in [-0.2, 0) is 21.4 Å². The van der Waals surface area contributed by atoms with Crippen LogP contribution in [0.3, 0.4) is 0 Å². The average molecular weight is 679 g/mol. The number of phenols is 1. The highest BCUT2D eigenvalue weighted by Gasteiger charge is 2.48. The molecular weight excluding hydrogens is 651 g/mol. The van der Waals surface area contributed by atoms with Gasteiger partial charge in [0, 0.05) is 40.9 Å². The number of sulfonamides is 1. The third-order valence-electron chi connectivity index (χ3n) is 8.16. The molecular formula is C33H28ClFN4O5S2. The number of fused-ring (bicyclic) bond motifs is 2. The van der Waals surface area contributed by atoms with E-state index in [2.05, 4.69) is 10.3 Å². The number of para-hydroxylation sites is 1. The number of aromatic hydroxyl groups is 1. The summed E-state index contributed by atoms with van der Waals surface area (Å²) >= 11 is 7.68. The molecule has 13 heteroatoms. The highest BCUT2D eigenvalue weighted by Crippen LogP contribution is 2.52. The van der Waals surface area contributed by atoms with Crippen LogP contribution < -0.4 is 14.4 Å². The monoisotopic (exact) mass is 678 g/mol. The maximum Gasteiger partial charge on any atom is 0.284 e. The van der Waals surface area contributed by atoms with Crippen molar-refractivity contribution in [1.82, 2.24) is 9.38 Å². The molecule has 7 rings (SSSR count). The van der Waals surface area contributed by atoms with E-state index in [1.165, 1.54) is 52.3 Å². The number of ketones is 1. The molecule has 9 nitrogen and oxygen atoms in total. The molecule has 5 aromatic rings.